The van der Waals surface area contributed by atoms with E-state index in [-0.39, 0.29) is 12.4 Å². The lowest BCUT2D eigenvalue weighted by atomic mass is 10.3. The number of H-pyrrole nitrogens is 1. The van der Waals surface area contributed by atoms with Crippen molar-refractivity contribution in [1.29, 1.82) is 0 Å². The van der Waals surface area contributed by atoms with Gasteiger partial charge in [-0.15, -0.1) is 0 Å². The quantitative estimate of drug-likeness (QED) is 0.853. The molecule has 0 aliphatic rings. The monoisotopic (exact) mass is 323 g/mol. The van der Waals surface area contributed by atoms with Gasteiger partial charge in [-0.2, -0.15) is 0 Å². The minimum absolute atomic E-state index is 0.259. The van der Waals surface area contributed by atoms with E-state index in [1.165, 1.54) is 12.1 Å². The normalized spacial score (nSPS) is 11.8. The number of imidazole rings is 1. The Kier molecular flexibility index (Phi) is 4.18. The summed E-state index contributed by atoms with van der Waals surface area (Å²) in [5.41, 5.74) is 1.26. The maximum atomic E-state index is 13.0. The standard InChI is InChI=1S/C11H9Cl3FN3O/c12-11(13,14)10(19)16-4-3-9-17-7-2-1-6(15)5-8(7)18-9/h1-2,5H,3-4H2,(H,16,19)(H,17,18). The van der Waals surface area contributed by atoms with E-state index in [0.29, 0.717) is 23.3 Å². The Labute approximate surface area is 123 Å². The molecule has 2 rings (SSSR count). The number of benzene rings is 1. The van der Waals surface area contributed by atoms with Crippen molar-refractivity contribution in [2.24, 2.45) is 0 Å². The van der Waals surface area contributed by atoms with E-state index in [4.69, 9.17) is 34.8 Å². The van der Waals surface area contributed by atoms with Crippen molar-refractivity contribution < 1.29 is 9.18 Å². The number of nitrogens with one attached hydrogen (secondary N) is 2. The molecular formula is C11H9Cl3FN3O. The molecule has 0 bridgehead atoms. The molecule has 0 fully saturated rings. The van der Waals surface area contributed by atoms with E-state index in [2.05, 4.69) is 15.3 Å². The molecule has 19 heavy (non-hydrogen) atoms. The highest BCUT2D eigenvalue weighted by molar-refractivity contribution is 6.76. The highest BCUT2D eigenvalue weighted by Crippen LogP contribution is 2.25. The Bertz CT molecular complexity index is 609. The molecule has 0 saturated carbocycles. The number of carbonyl (C=O) groups excluding carboxylic acids is 1. The van der Waals surface area contributed by atoms with Crippen LogP contribution in [-0.2, 0) is 11.2 Å². The van der Waals surface area contributed by atoms with Gasteiger partial charge in [0, 0.05) is 13.0 Å². The SMILES string of the molecule is O=C(NCCc1nc2ccc(F)cc2[nH]1)C(Cl)(Cl)Cl. The summed E-state index contributed by atoms with van der Waals surface area (Å²) in [6, 6.07) is 4.26. The largest absolute Gasteiger partial charge is 0.352 e. The molecule has 2 aromatic rings. The second-order valence-electron chi connectivity index (χ2n) is 3.85. The van der Waals surface area contributed by atoms with Crippen molar-refractivity contribution in [3.63, 3.8) is 0 Å². The lowest BCUT2D eigenvalue weighted by Crippen LogP contribution is -2.35. The minimum Gasteiger partial charge on any atom is -0.352 e. The van der Waals surface area contributed by atoms with E-state index in [9.17, 15) is 9.18 Å². The molecule has 8 heteroatoms. The summed E-state index contributed by atoms with van der Waals surface area (Å²) >= 11 is 16.2. The molecule has 0 atom stereocenters. The summed E-state index contributed by atoms with van der Waals surface area (Å²) in [4.78, 5) is 18.5. The Morgan fingerprint density at radius 3 is 2.84 bits per heavy atom. The molecule has 102 valence electrons. The first-order valence-corrected chi connectivity index (χ1v) is 6.49. The summed E-state index contributed by atoms with van der Waals surface area (Å²) < 4.78 is 11.0. The Hall–Kier alpha value is -1.04. The van der Waals surface area contributed by atoms with Crippen molar-refractivity contribution in [1.82, 2.24) is 15.3 Å². The summed E-state index contributed by atoms with van der Waals surface area (Å²) in [6.07, 6.45) is 0.419. The third-order valence-electron chi connectivity index (χ3n) is 2.40. The number of hydrogen-bond acceptors (Lipinski definition) is 2. The van der Waals surface area contributed by atoms with Crippen LogP contribution >= 0.6 is 34.8 Å². The van der Waals surface area contributed by atoms with E-state index in [1.807, 2.05) is 0 Å². The Morgan fingerprint density at radius 2 is 2.16 bits per heavy atom. The van der Waals surface area contributed by atoms with Gasteiger partial charge in [-0.3, -0.25) is 4.79 Å². The van der Waals surface area contributed by atoms with E-state index in [1.54, 1.807) is 6.07 Å². The van der Waals surface area contributed by atoms with Gasteiger partial charge in [0.1, 0.15) is 11.6 Å². The van der Waals surface area contributed by atoms with Crippen LogP contribution < -0.4 is 5.32 Å². The predicted octanol–water partition coefficient (Wildman–Crippen LogP) is 2.73. The van der Waals surface area contributed by atoms with Crippen LogP contribution in [0.1, 0.15) is 5.82 Å². The van der Waals surface area contributed by atoms with Crippen LogP contribution in [0.3, 0.4) is 0 Å². The second-order valence-corrected chi connectivity index (χ2v) is 6.13. The number of amides is 1. The molecule has 1 heterocycles. The van der Waals surface area contributed by atoms with Gasteiger partial charge in [0.05, 0.1) is 11.0 Å². The molecule has 0 spiro atoms. The summed E-state index contributed by atoms with van der Waals surface area (Å²) in [6.45, 7) is 0.259. The number of halogens is 4. The number of aromatic nitrogens is 2. The van der Waals surface area contributed by atoms with E-state index in [0.717, 1.165) is 0 Å². The molecule has 2 N–H and O–H groups in total. The van der Waals surface area contributed by atoms with Crippen LogP contribution in [-0.4, -0.2) is 26.2 Å². The number of carbonyl (C=O) groups is 1. The Balaban J connectivity index is 1.97. The third kappa shape index (κ3) is 3.72. The first kappa shape index (κ1) is 14.4. The highest BCUT2D eigenvalue weighted by Gasteiger charge is 2.29. The zero-order valence-electron chi connectivity index (χ0n) is 9.51. The van der Waals surface area contributed by atoms with Gasteiger partial charge in [-0.05, 0) is 18.2 Å². The fraction of sp³-hybridized carbons (Fsp3) is 0.273. The van der Waals surface area contributed by atoms with Crippen molar-refractivity contribution in [2.75, 3.05) is 6.54 Å². The van der Waals surface area contributed by atoms with Gasteiger partial charge in [-0.1, -0.05) is 34.8 Å². The zero-order valence-corrected chi connectivity index (χ0v) is 11.8. The van der Waals surface area contributed by atoms with Crippen LogP contribution in [0, 0.1) is 5.82 Å². The third-order valence-corrected chi connectivity index (χ3v) is 2.91. The van der Waals surface area contributed by atoms with Gasteiger partial charge < -0.3 is 10.3 Å². The van der Waals surface area contributed by atoms with E-state index < -0.39 is 9.70 Å². The first-order valence-electron chi connectivity index (χ1n) is 5.35. The second kappa shape index (κ2) is 5.53. The van der Waals surface area contributed by atoms with Crippen molar-refractivity contribution >= 4 is 51.7 Å². The number of alkyl halides is 3. The van der Waals surface area contributed by atoms with Gasteiger partial charge in [0.25, 0.3) is 9.70 Å². The average Bonchev–Trinajstić information content (AvgIpc) is 2.69. The number of hydrogen-bond donors (Lipinski definition) is 2. The van der Waals surface area contributed by atoms with E-state index >= 15 is 0 Å². The van der Waals surface area contributed by atoms with Crippen LogP contribution in [0.15, 0.2) is 18.2 Å². The number of fused-ring (bicyclic) bond motifs is 1. The van der Waals surface area contributed by atoms with Crippen LogP contribution in [0.5, 0.6) is 0 Å². The maximum Gasteiger partial charge on any atom is 0.272 e. The molecule has 4 nitrogen and oxygen atoms in total. The molecule has 0 radical (unpaired) electrons. The minimum atomic E-state index is -1.98. The first-order chi connectivity index (χ1) is 8.86. The van der Waals surface area contributed by atoms with Crippen LogP contribution in [0.2, 0.25) is 0 Å². The topological polar surface area (TPSA) is 57.8 Å². The summed E-state index contributed by atoms with van der Waals surface area (Å²) in [5.74, 6) is -0.419. The van der Waals surface area contributed by atoms with Gasteiger partial charge in [0.15, 0.2) is 0 Å². The maximum absolute atomic E-state index is 13.0. The number of aromatic amines is 1. The fourth-order valence-corrected chi connectivity index (χ4v) is 1.75. The molecule has 0 aliphatic carbocycles. The molecule has 0 saturated heterocycles. The summed E-state index contributed by atoms with van der Waals surface area (Å²) in [7, 11) is 0. The van der Waals surface area contributed by atoms with Crippen LogP contribution in [0.25, 0.3) is 11.0 Å². The highest BCUT2D eigenvalue weighted by atomic mass is 35.6. The smallest absolute Gasteiger partial charge is 0.272 e. The van der Waals surface area contributed by atoms with Crippen molar-refractivity contribution in [3.8, 4) is 0 Å². The van der Waals surface area contributed by atoms with Gasteiger partial charge in [-0.25, -0.2) is 9.37 Å². The molecular weight excluding hydrogens is 315 g/mol. The van der Waals surface area contributed by atoms with Crippen molar-refractivity contribution in [3.05, 3.63) is 29.8 Å². The summed E-state index contributed by atoms with van der Waals surface area (Å²) in [5, 5.41) is 2.46. The molecule has 0 unspecified atom stereocenters. The molecule has 1 amide bonds. The molecule has 1 aromatic heterocycles. The van der Waals surface area contributed by atoms with Gasteiger partial charge >= 0.3 is 0 Å². The zero-order chi connectivity index (χ0) is 14.0. The molecule has 1 aromatic carbocycles. The average molecular weight is 325 g/mol. The lowest BCUT2D eigenvalue weighted by molar-refractivity contribution is -0.120. The number of rotatable bonds is 3. The molecule has 0 aliphatic heterocycles. The number of nitrogens with zero attached hydrogens (tertiary/aromatic N) is 1. The fourth-order valence-electron chi connectivity index (χ4n) is 1.55. The Morgan fingerprint density at radius 1 is 1.42 bits per heavy atom. The predicted molar refractivity (Wildman–Crippen MR) is 73.1 cm³/mol. The lowest BCUT2D eigenvalue weighted by Gasteiger charge is -2.10. The van der Waals surface area contributed by atoms with Crippen molar-refractivity contribution in [2.45, 2.75) is 10.2 Å². The van der Waals surface area contributed by atoms with Crippen LogP contribution in [0.4, 0.5) is 4.39 Å². The van der Waals surface area contributed by atoms with Gasteiger partial charge in [0.2, 0.25) is 0 Å².